The van der Waals surface area contributed by atoms with Crippen molar-refractivity contribution < 1.29 is 19.0 Å². The highest BCUT2D eigenvalue weighted by Gasteiger charge is 2.53. The van der Waals surface area contributed by atoms with Crippen molar-refractivity contribution in [3.05, 3.63) is 23.3 Å². The van der Waals surface area contributed by atoms with Gasteiger partial charge in [-0.1, -0.05) is 0 Å². The lowest BCUT2D eigenvalue weighted by Crippen LogP contribution is -2.22. The molecule has 0 radical (unpaired) electrons. The molecular formula is C13H14O4. The maximum absolute atomic E-state index is 11.9. The third-order valence-electron chi connectivity index (χ3n) is 3.56. The molecular weight excluding hydrogens is 220 g/mol. The molecule has 4 heteroatoms. The summed E-state index contributed by atoms with van der Waals surface area (Å²) in [4.78, 5) is 11.9. The van der Waals surface area contributed by atoms with Gasteiger partial charge in [-0.2, -0.15) is 0 Å². The van der Waals surface area contributed by atoms with E-state index in [1.54, 1.807) is 0 Å². The second-order valence-corrected chi connectivity index (χ2v) is 4.59. The van der Waals surface area contributed by atoms with Gasteiger partial charge in [0.2, 0.25) is 6.79 Å². The Morgan fingerprint density at radius 3 is 2.53 bits per heavy atom. The predicted octanol–water partition coefficient (Wildman–Crippen LogP) is 1.93. The molecule has 1 aliphatic carbocycles. The Hall–Kier alpha value is -1.71. The monoisotopic (exact) mass is 234 g/mol. The quantitative estimate of drug-likeness (QED) is 0.733. The molecule has 1 aromatic carbocycles. The van der Waals surface area contributed by atoms with Crippen molar-refractivity contribution in [3.8, 4) is 11.5 Å². The SMILES string of the molecule is COC(=O)C1(c2cc3c(cc2C)OCO3)CC1. The average molecular weight is 234 g/mol. The minimum absolute atomic E-state index is 0.153. The van der Waals surface area contributed by atoms with Gasteiger partial charge in [-0.15, -0.1) is 0 Å². The van der Waals surface area contributed by atoms with Crippen molar-refractivity contribution >= 4 is 5.97 Å². The summed E-state index contributed by atoms with van der Waals surface area (Å²) in [5, 5.41) is 0. The summed E-state index contributed by atoms with van der Waals surface area (Å²) in [5.74, 6) is 1.33. The van der Waals surface area contributed by atoms with Crippen molar-refractivity contribution in [2.75, 3.05) is 13.9 Å². The lowest BCUT2D eigenvalue weighted by molar-refractivity contribution is -0.143. The molecule has 1 fully saturated rings. The first-order chi connectivity index (χ1) is 8.17. The van der Waals surface area contributed by atoms with Gasteiger partial charge in [0.05, 0.1) is 12.5 Å². The van der Waals surface area contributed by atoms with E-state index < -0.39 is 5.41 Å². The zero-order chi connectivity index (χ0) is 12.0. The van der Waals surface area contributed by atoms with Crippen LogP contribution in [-0.4, -0.2) is 19.9 Å². The molecule has 0 bridgehead atoms. The molecule has 0 unspecified atom stereocenters. The number of carbonyl (C=O) groups excluding carboxylic acids is 1. The number of ether oxygens (including phenoxy) is 3. The Kier molecular flexibility index (Phi) is 2.08. The zero-order valence-corrected chi connectivity index (χ0v) is 9.91. The second-order valence-electron chi connectivity index (χ2n) is 4.59. The van der Waals surface area contributed by atoms with Crippen LogP contribution < -0.4 is 9.47 Å². The molecule has 1 aliphatic heterocycles. The minimum Gasteiger partial charge on any atom is -0.468 e. The first-order valence-electron chi connectivity index (χ1n) is 5.66. The van der Waals surface area contributed by atoms with E-state index in [-0.39, 0.29) is 12.8 Å². The van der Waals surface area contributed by atoms with Crippen LogP contribution in [0.15, 0.2) is 12.1 Å². The van der Waals surface area contributed by atoms with Gasteiger partial charge in [-0.3, -0.25) is 4.79 Å². The van der Waals surface area contributed by atoms with Crippen LogP contribution in [0.25, 0.3) is 0 Å². The number of esters is 1. The van der Waals surface area contributed by atoms with E-state index in [1.807, 2.05) is 19.1 Å². The molecule has 1 aromatic rings. The standard InChI is InChI=1S/C13H14O4/c1-8-5-10-11(17-7-16-10)6-9(8)13(3-4-13)12(14)15-2/h5-6H,3-4,7H2,1-2H3. The highest BCUT2D eigenvalue weighted by molar-refractivity contribution is 5.87. The molecule has 90 valence electrons. The predicted molar refractivity (Wildman–Crippen MR) is 60.2 cm³/mol. The maximum Gasteiger partial charge on any atom is 0.316 e. The summed E-state index contributed by atoms with van der Waals surface area (Å²) >= 11 is 0. The Morgan fingerprint density at radius 2 is 1.94 bits per heavy atom. The Bertz CT molecular complexity index is 488. The molecule has 0 aromatic heterocycles. The molecule has 17 heavy (non-hydrogen) atoms. The number of aryl methyl sites for hydroxylation is 1. The lowest BCUT2D eigenvalue weighted by atomic mass is 9.91. The van der Waals surface area contributed by atoms with E-state index in [0.29, 0.717) is 0 Å². The third kappa shape index (κ3) is 1.40. The summed E-state index contributed by atoms with van der Waals surface area (Å²) in [6, 6.07) is 3.85. The largest absolute Gasteiger partial charge is 0.468 e. The third-order valence-corrected chi connectivity index (χ3v) is 3.56. The first-order valence-corrected chi connectivity index (χ1v) is 5.66. The van der Waals surface area contributed by atoms with E-state index >= 15 is 0 Å². The van der Waals surface area contributed by atoms with Crippen LogP contribution >= 0.6 is 0 Å². The first kappa shape index (κ1) is 10.4. The highest BCUT2D eigenvalue weighted by atomic mass is 16.7. The minimum atomic E-state index is -0.445. The van der Waals surface area contributed by atoms with E-state index in [0.717, 1.165) is 35.5 Å². The summed E-state index contributed by atoms with van der Waals surface area (Å²) in [6.45, 7) is 2.24. The van der Waals surface area contributed by atoms with Crippen LogP contribution in [0.3, 0.4) is 0 Å². The normalized spacial score (nSPS) is 18.9. The van der Waals surface area contributed by atoms with Crippen molar-refractivity contribution in [3.63, 3.8) is 0 Å². The smallest absolute Gasteiger partial charge is 0.316 e. The van der Waals surface area contributed by atoms with Crippen molar-refractivity contribution in [1.29, 1.82) is 0 Å². The van der Waals surface area contributed by atoms with Crippen LogP contribution in [-0.2, 0) is 14.9 Å². The fourth-order valence-corrected chi connectivity index (χ4v) is 2.46. The number of benzene rings is 1. The molecule has 0 spiro atoms. The maximum atomic E-state index is 11.9. The Labute approximate surface area is 99.5 Å². The van der Waals surface area contributed by atoms with Gasteiger partial charge in [0, 0.05) is 0 Å². The Morgan fingerprint density at radius 1 is 1.29 bits per heavy atom. The second kappa shape index (κ2) is 3.39. The van der Waals surface area contributed by atoms with Crippen LogP contribution in [0.4, 0.5) is 0 Å². The molecule has 4 nitrogen and oxygen atoms in total. The Balaban J connectivity index is 2.07. The molecule has 3 rings (SSSR count). The van der Waals surface area contributed by atoms with Gasteiger partial charge in [-0.05, 0) is 43.0 Å². The molecule has 1 saturated carbocycles. The van der Waals surface area contributed by atoms with Crippen molar-refractivity contribution in [2.24, 2.45) is 0 Å². The van der Waals surface area contributed by atoms with Crippen LogP contribution in [0.2, 0.25) is 0 Å². The summed E-state index contributed by atoms with van der Waals surface area (Å²) in [6.07, 6.45) is 1.69. The topological polar surface area (TPSA) is 44.8 Å². The highest BCUT2D eigenvalue weighted by Crippen LogP contribution is 2.52. The van der Waals surface area contributed by atoms with E-state index in [2.05, 4.69) is 0 Å². The van der Waals surface area contributed by atoms with Gasteiger partial charge in [0.15, 0.2) is 11.5 Å². The zero-order valence-electron chi connectivity index (χ0n) is 9.91. The number of hydrogen-bond acceptors (Lipinski definition) is 4. The number of carbonyl (C=O) groups is 1. The van der Waals surface area contributed by atoms with Crippen LogP contribution in [0, 0.1) is 6.92 Å². The molecule has 0 amide bonds. The molecule has 0 atom stereocenters. The van der Waals surface area contributed by atoms with Crippen LogP contribution in [0.1, 0.15) is 24.0 Å². The summed E-state index contributed by atoms with van der Waals surface area (Å²) in [5.41, 5.74) is 1.62. The summed E-state index contributed by atoms with van der Waals surface area (Å²) in [7, 11) is 1.44. The van der Waals surface area contributed by atoms with Crippen molar-refractivity contribution in [2.45, 2.75) is 25.2 Å². The van der Waals surface area contributed by atoms with Gasteiger partial charge in [0.25, 0.3) is 0 Å². The van der Waals surface area contributed by atoms with Crippen molar-refractivity contribution in [1.82, 2.24) is 0 Å². The van der Waals surface area contributed by atoms with Gasteiger partial charge >= 0.3 is 5.97 Å². The number of rotatable bonds is 2. The molecule has 2 aliphatic rings. The fourth-order valence-electron chi connectivity index (χ4n) is 2.46. The fraction of sp³-hybridized carbons (Fsp3) is 0.462. The number of fused-ring (bicyclic) bond motifs is 1. The van der Waals surface area contributed by atoms with E-state index in [4.69, 9.17) is 14.2 Å². The van der Waals surface area contributed by atoms with Crippen LogP contribution in [0.5, 0.6) is 11.5 Å². The lowest BCUT2D eigenvalue weighted by Gasteiger charge is -2.16. The molecule has 0 saturated heterocycles. The van der Waals surface area contributed by atoms with Gasteiger partial charge in [-0.25, -0.2) is 0 Å². The average Bonchev–Trinajstić information content (AvgIpc) is 3.01. The van der Waals surface area contributed by atoms with Gasteiger partial charge < -0.3 is 14.2 Å². The molecule has 0 N–H and O–H groups in total. The van der Waals surface area contributed by atoms with E-state index in [1.165, 1.54) is 7.11 Å². The van der Waals surface area contributed by atoms with E-state index in [9.17, 15) is 4.79 Å². The summed E-state index contributed by atoms with van der Waals surface area (Å²) < 4.78 is 15.6. The number of methoxy groups -OCH3 is 1. The molecule has 1 heterocycles. The number of hydrogen-bond donors (Lipinski definition) is 0. The van der Waals surface area contributed by atoms with Gasteiger partial charge in [0.1, 0.15) is 0 Å².